The van der Waals surface area contributed by atoms with E-state index >= 15 is 0 Å². The van der Waals surface area contributed by atoms with Crippen molar-refractivity contribution in [3.8, 4) is 0 Å². The number of carbonyl (C=O) groups excluding carboxylic acids is 1. The van der Waals surface area contributed by atoms with Crippen LogP contribution in [0.3, 0.4) is 0 Å². The summed E-state index contributed by atoms with van der Waals surface area (Å²) in [4.78, 5) is 16.5. The minimum absolute atomic E-state index is 0.115. The highest BCUT2D eigenvalue weighted by atomic mass is 19.2. The number of likely N-dealkylation sites (tertiary alicyclic amines) is 2. The minimum atomic E-state index is -1.04. The fraction of sp³-hybridized carbons (Fsp3) is 0.409. The summed E-state index contributed by atoms with van der Waals surface area (Å²) in [7, 11) is 0. The molecular formula is C22H22F4N2O. The fourth-order valence-corrected chi connectivity index (χ4v) is 4.61. The smallest absolute Gasteiger partial charge is 0.253 e. The zero-order valence-electron chi connectivity index (χ0n) is 15.9. The first kappa shape index (κ1) is 19.9. The molecule has 29 heavy (non-hydrogen) atoms. The fourth-order valence-electron chi connectivity index (χ4n) is 4.61. The normalized spacial score (nSPS) is 22.4. The molecular weight excluding hydrogens is 384 g/mol. The molecule has 1 amide bonds. The molecule has 2 fully saturated rings. The average molecular weight is 406 g/mol. The van der Waals surface area contributed by atoms with Gasteiger partial charge < -0.3 is 4.90 Å². The zero-order chi connectivity index (χ0) is 20.6. The molecule has 2 aliphatic heterocycles. The van der Waals surface area contributed by atoms with Gasteiger partial charge in [-0.15, -0.1) is 0 Å². The molecule has 2 aliphatic rings. The summed E-state index contributed by atoms with van der Waals surface area (Å²) >= 11 is 0. The van der Waals surface area contributed by atoms with E-state index < -0.39 is 23.3 Å². The van der Waals surface area contributed by atoms with Crippen LogP contribution in [0.2, 0.25) is 0 Å². The third kappa shape index (κ3) is 4.01. The van der Waals surface area contributed by atoms with E-state index in [1.165, 1.54) is 12.1 Å². The Kier molecular flexibility index (Phi) is 5.34. The maximum atomic E-state index is 14.0. The lowest BCUT2D eigenvalue weighted by molar-refractivity contribution is 0.0672. The van der Waals surface area contributed by atoms with E-state index in [1.54, 1.807) is 11.0 Å². The number of benzene rings is 2. The number of carbonyl (C=O) groups is 1. The number of hydrogen-bond donors (Lipinski definition) is 0. The van der Waals surface area contributed by atoms with Crippen LogP contribution in [0.4, 0.5) is 17.6 Å². The van der Waals surface area contributed by atoms with E-state index in [4.69, 9.17) is 0 Å². The zero-order valence-corrected chi connectivity index (χ0v) is 15.9. The Morgan fingerprint density at radius 2 is 1.76 bits per heavy atom. The van der Waals surface area contributed by atoms with Gasteiger partial charge in [-0.25, -0.2) is 17.6 Å². The van der Waals surface area contributed by atoms with Gasteiger partial charge in [-0.1, -0.05) is 12.1 Å². The predicted molar refractivity (Wildman–Crippen MR) is 100 cm³/mol. The molecule has 0 aliphatic carbocycles. The van der Waals surface area contributed by atoms with Crippen molar-refractivity contribution in [3.63, 3.8) is 0 Å². The van der Waals surface area contributed by atoms with Gasteiger partial charge in [0.2, 0.25) is 0 Å². The van der Waals surface area contributed by atoms with Crippen molar-refractivity contribution in [3.05, 3.63) is 70.8 Å². The molecule has 2 saturated heterocycles. The van der Waals surface area contributed by atoms with Gasteiger partial charge >= 0.3 is 0 Å². The Hall–Kier alpha value is -2.41. The highest BCUT2D eigenvalue weighted by Crippen LogP contribution is 2.40. The second-order valence-corrected chi connectivity index (χ2v) is 8.13. The third-order valence-electron chi connectivity index (χ3n) is 6.06. The van der Waals surface area contributed by atoms with Crippen LogP contribution in [0.5, 0.6) is 0 Å². The molecule has 0 saturated carbocycles. The molecule has 0 N–H and O–H groups in total. The van der Waals surface area contributed by atoms with Crippen LogP contribution in [-0.4, -0.2) is 41.9 Å². The molecule has 7 heteroatoms. The Morgan fingerprint density at radius 3 is 2.55 bits per heavy atom. The van der Waals surface area contributed by atoms with Crippen molar-refractivity contribution in [1.29, 1.82) is 0 Å². The van der Waals surface area contributed by atoms with Crippen molar-refractivity contribution in [1.82, 2.24) is 9.80 Å². The highest BCUT2D eigenvalue weighted by Gasteiger charge is 2.43. The monoisotopic (exact) mass is 406 g/mol. The number of amides is 1. The second kappa shape index (κ2) is 7.78. The Labute approximate surface area is 166 Å². The molecule has 2 aromatic carbocycles. The van der Waals surface area contributed by atoms with E-state index in [0.717, 1.165) is 44.0 Å². The lowest BCUT2D eigenvalue weighted by Gasteiger charge is -2.40. The number of rotatable bonds is 3. The van der Waals surface area contributed by atoms with Gasteiger partial charge in [-0.05, 0) is 50.1 Å². The molecule has 3 nitrogen and oxygen atoms in total. The number of hydrogen-bond acceptors (Lipinski definition) is 2. The number of halogens is 4. The van der Waals surface area contributed by atoms with Crippen LogP contribution in [0.25, 0.3) is 0 Å². The Balaban J connectivity index is 1.44. The second-order valence-electron chi connectivity index (χ2n) is 8.13. The topological polar surface area (TPSA) is 23.6 Å². The average Bonchev–Trinajstić information content (AvgIpc) is 3.10. The van der Waals surface area contributed by atoms with Gasteiger partial charge in [0.1, 0.15) is 0 Å². The van der Waals surface area contributed by atoms with E-state index in [-0.39, 0.29) is 16.9 Å². The summed E-state index contributed by atoms with van der Waals surface area (Å²) in [5, 5.41) is 0. The predicted octanol–water partition coefficient (Wildman–Crippen LogP) is 4.37. The summed E-state index contributed by atoms with van der Waals surface area (Å²) < 4.78 is 54.2. The third-order valence-corrected chi connectivity index (χ3v) is 6.06. The largest absolute Gasteiger partial charge is 0.338 e. The first-order chi connectivity index (χ1) is 13.9. The van der Waals surface area contributed by atoms with Gasteiger partial charge in [-0.2, -0.15) is 0 Å². The van der Waals surface area contributed by atoms with Crippen LogP contribution in [0.15, 0.2) is 36.4 Å². The molecule has 1 unspecified atom stereocenters. The highest BCUT2D eigenvalue weighted by molar-refractivity contribution is 5.94. The summed E-state index contributed by atoms with van der Waals surface area (Å²) in [6, 6.07) is 7.40. The first-order valence-electron chi connectivity index (χ1n) is 9.76. The molecule has 0 aromatic heterocycles. The van der Waals surface area contributed by atoms with Crippen molar-refractivity contribution in [2.75, 3.05) is 26.2 Å². The minimum Gasteiger partial charge on any atom is -0.338 e. The van der Waals surface area contributed by atoms with Crippen molar-refractivity contribution < 1.29 is 22.4 Å². The summed E-state index contributed by atoms with van der Waals surface area (Å²) in [5.41, 5.74) is 0.348. The van der Waals surface area contributed by atoms with Crippen LogP contribution in [0, 0.1) is 28.7 Å². The van der Waals surface area contributed by atoms with Crippen molar-refractivity contribution >= 4 is 5.91 Å². The first-order valence-corrected chi connectivity index (χ1v) is 9.76. The molecule has 0 radical (unpaired) electrons. The van der Waals surface area contributed by atoms with Gasteiger partial charge in [0, 0.05) is 42.7 Å². The van der Waals surface area contributed by atoms with Crippen molar-refractivity contribution in [2.24, 2.45) is 5.41 Å². The quantitative estimate of drug-likeness (QED) is 0.707. The maximum absolute atomic E-state index is 14.0. The van der Waals surface area contributed by atoms with Gasteiger partial charge in [0.15, 0.2) is 23.3 Å². The molecule has 0 bridgehead atoms. The van der Waals surface area contributed by atoms with E-state index in [9.17, 15) is 22.4 Å². The Bertz CT molecular complexity index is 935. The lowest BCUT2D eigenvalue weighted by Crippen LogP contribution is -2.45. The lowest BCUT2D eigenvalue weighted by atomic mass is 9.79. The van der Waals surface area contributed by atoms with E-state index in [0.29, 0.717) is 31.7 Å². The molecule has 4 rings (SSSR count). The standard InChI is InChI=1S/C22H22F4N2O/c23-17-6-5-15(11-19(17)25)21(29)28-10-8-22(14-28)7-2-9-27(13-22)12-16-3-1-4-18(24)20(16)26/h1,3-6,11H,2,7-10,12-14H2. The van der Waals surface area contributed by atoms with Crippen LogP contribution in [-0.2, 0) is 6.54 Å². The van der Waals surface area contributed by atoms with Gasteiger partial charge in [0.05, 0.1) is 0 Å². The van der Waals surface area contributed by atoms with Crippen LogP contribution < -0.4 is 0 Å². The van der Waals surface area contributed by atoms with Crippen LogP contribution in [0.1, 0.15) is 35.2 Å². The molecule has 1 atom stereocenters. The molecule has 1 spiro atoms. The SMILES string of the molecule is O=C(c1ccc(F)c(F)c1)N1CCC2(CCCN(Cc3cccc(F)c3F)C2)C1. The van der Waals surface area contributed by atoms with Crippen molar-refractivity contribution in [2.45, 2.75) is 25.8 Å². The molecule has 154 valence electrons. The van der Waals surface area contributed by atoms with Crippen LogP contribution >= 0.6 is 0 Å². The van der Waals surface area contributed by atoms with E-state index in [1.807, 2.05) is 0 Å². The molecule has 2 heterocycles. The number of piperidine rings is 1. The van der Waals surface area contributed by atoms with Gasteiger partial charge in [-0.3, -0.25) is 9.69 Å². The maximum Gasteiger partial charge on any atom is 0.253 e. The number of nitrogens with zero attached hydrogens (tertiary/aromatic N) is 2. The molecule has 2 aromatic rings. The van der Waals surface area contributed by atoms with E-state index in [2.05, 4.69) is 4.90 Å². The Morgan fingerprint density at radius 1 is 0.931 bits per heavy atom. The van der Waals surface area contributed by atoms with Gasteiger partial charge in [0.25, 0.3) is 5.91 Å². The summed E-state index contributed by atoms with van der Waals surface area (Å²) in [6.07, 6.45) is 2.64. The summed E-state index contributed by atoms with van der Waals surface area (Å²) in [6.45, 7) is 2.86. The summed E-state index contributed by atoms with van der Waals surface area (Å²) in [5.74, 6) is -3.99.